The first-order chi connectivity index (χ1) is 18.9. The molecule has 0 saturated carbocycles. The number of ketones is 1. The lowest BCUT2D eigenvalue weighted by Crippen LogP contribution is -2.40. The Hall–Kier alpha value is -3.77. The second-order valence-electron chi connectivity index (χ2n) is 9.86. The van der Waals surface area contributed by atoms with E-state index in [-0.39, 0.29) is 30.3 Å². The Morgan fingerprint density at radius 1 is 1.07 bits per heavy atom. The number of sulfonamides is 1. The van der Waals surface area contributed by atoms with Crippen LogP contribution < -0.4 is 4.90 Å². The molecule has 0 N–H and O–H groups in total. The topological polar surface area (TPSA) is 96.6 Å². The SMILES string of the molecule is CN(C)c1nc(CCC(=O)[C@@H]2CCCN2S(=O)(=O)c2cc3ccccc3o2)cc(-c2ccc(C(F)(F)F)cc2)n1. The molecular weight excluding hydrogens is 545 g/mol. The van der Waals surface area contributed by atoms with Crippen molar-refractivity contribution in [1.29, 1.82) is 0 Å². The van der Waals surface area contributed by atoms with E-state index in [0.29, 0.717) is 46.7 Å². The van der Waals surface area contributed by atoms with E-state index in [9.17, 15) is 26.4 Å². The smallest absolute Gasteiger partial charge is 0.416 e. The zero-order valence-electron chi connectivity index (χ0n) is 21.9. The van der Waals surface area contributed by atoms with E-state index >= 15 is 0 Å². The fourth-order valence-electron chi connectivity index (χ4n) is 4.76. The van der Waals surface area contributed by atoms with Crippen molar-refractivity contribution in [2.75, 3.05) is 25.5 Å². The number of rotatable bonds is 8. The molecule has 1 fully saturated rings. The van der Waals surface area contributed by atoms with Crippen molar-refractivity contribution in [3.63, 3.8) is 0 Å². The molecule has 4 aromatic rings. The van der Waals surface area contributed by atoms with Gasteiger partial charge in [0.2, 0.25) is 11.0 Å². The number of aryl methyl sites for hydroxylation is 1. The maximum atomic E-state index is 13.4. The fraction of sp³-hybridized carbons (Fsp3) is 0.321. The lowest BCUT2D eigenvalue weighted by Gasteiger charge is -2.22. The van der Waals surface area contributed by atoms with Gasteiger partial charge in [-0.3, -0.25) is 4.79 Å². The predicted molar refractivity (Wildman–Crippen MR) is 143 cm³/mol. The molecule has 210 valence electrons. The molecule has 0 radical (unpaired) electrons. The average molecular weight is 573 g/mol. The zero-order chi connectivity index (χ0) is 28.7. The lowest BCUT2D eigenvalue weighted by molar-refractivity contribution is -0.137. The standard InChI is InChI=1S/C28H27F3N4O4S/c1-34(2)27-32-21(17-22(33-27)18-9-11-20(12-10-18)28(29,30)31)13-14-24(36)23-7-5-15-35(23)40(37,38)26-16-19-6-3-4-8-25(19)39-26/h3-4,6,8-12,16-17,23H,5,7,13-15H2,1-2H3/t23-/m0/s1. The normalized spacial score (nSPS) is 16.5. The highest BCUT2D eigenvalue weighted by molar-refractivity contribution is 7.89. The number of Topliss-reactive ketones (excluding diaryl/α,β-unsaturated/α-hetero) is 1. The third kappa shape index (κ3) is 5.59. The Kier molecular flexibility index (Phi) is 7.40. The quantitative estimate of drug-likeness (QED) is 0.282. The van der Waals surface area contributed by atoms with Crippen molar-refractivity contribution in [3.05, 3.63) is 71.9 Å². The lowest BCUT2D eigenvalue weighted by atomic mass is 10.0. The number of hydrogen-bond donors (Lipinski definition) is 0. The minimum Gasteiger partial charge on any atom is -0.443 e. The number of halogens is 3. The first-order valence-corrected chi connectivity index (χ1v) is 14.1. The summed E-state index contributed by atoms with van der Waals surface area (Å²) in [7, 11) is -0.547. The van der Waals surface area contributed by atoms with E-state index in [1.54, 1.807) is 49.3 Å². The van der Waals surface area contributed by atoms with E-state index in [1.165, 1.54) is 22.5 Å². The molecule has 2 aromatic carbocycles. The van der Waals surface area contributed by atoms with Crippen LogP contribution in [0.4, 0.5) is 19.1 Å². The maximum Gasteiger partial charge on any atom is 0.416 e. The molecule has 3 heterocycles. The van der Waals surface area contributed by atoms with Crippen molar-refractivity contribution in [1.82, 2.24) is 14.3 Å². The van der Waals surface area contributed by atoms with Gasteiger partial charge in [0.15, 0.2) is 5.78 Å². The van der Waals surface area contributed by atoms with E-state index in [0.717, 1.165) is 12.1 Å². The molecule has 2 aromatic heterocycles. The van der Waals surface area contributed by atoms with Crippen molar-refractivity contribution in [3.8, 4) is 11.3 Å². The molecule has 0 bridgehead atoms. The molecule has 1 saturated heterocycles. The van der Waals surface area contributed by atoms with Crippen LogP contribution in [0, 0.1) is 0 Å². The van der Waals surface area contributed by atoms with Gasteiger partial charge in [0, 0.05) is 49.8 Å². The molecule has 1 aliphatic heterocycles. The summed E-state index contributed by atoms with van der Waals surface area (Å²) in [6.45, 7) is 0.214. The van der Waals surface area contributed by atoms with Gasteiger partial charge in [0.05, 0.1) is 17.3 Å². The van der Waals surface area contributed by atoms with Crippen molar-refractivity contribution >= 4 is 32.7 Å². The molecule has 0 spiro atoms. The molecule has 40 heavy (non-hydrogen) atoms. The van der Waals surface area contributed by atoms with E-state index < -0.39 is 27.8 Å². The van der Waals surface area contributed by atoms with Crippen LogP contribution in [0.15, 0.2) is 70.2 Å². The van der Waals surface area contributed by atoms with E-state index in [4.69, 9.17) is 4.42 Å². The highest BCUT2D eigenvalue weighted by Crippen LogP contribution is 2.32. The zero-order valence-corrected chi connectivity index (χ0v) is 22.7. The summed E-state index contributed by atoms with van der Waals surface area (Å²) in [4.78, 5) is 23.9. The fourth-order valence-corrected chi connectivity index (χ4v) is 6.39. The number of aromatic nitrogens is 2. The summed E-state index contributed by atoms with van der Waals surface area (Å²) in [5.41, 5.74) is 1.11. The summed E-state index contributed by atoms with van der Waals surface area (Å²) in [5.74, 6) is 0.105. The van der Waals surface area contributed by atoms with Crippen LogP contribution in [0.2, 0.25) is 0 Å². The third-order valence-corrected chi connectivity index (χ3v) is 8.61. The Morgan fingerprint density at radius 2 is 1.80 bits per heavy atom. The van der Waals surface area contributed by atoms with Gasteiger partial charge in [0.25, 0.3) is 10.0 Å². The Labute approximate surface area is 229 Å². The Bertz CT molecular complexity index is 1620. The van der Waals surface area contributed by atoms with E-state index in [1.807, 2.05) is 0 Å². The number of furan rings is 1. The predicted octanol–water partition coefficient (Wildman–Crippen LogP) is 5.33. The van der Waals surface area contributed by atoms with Gasteiger partial charge in [0.1, 0.15) is 5.58 Å². The largest absolute Gasteiger partial charge is 0.443 e. The van der Waals surface area contributed by atoms with Gasteiger partial charge >= 0.3 is 6.18 Å². The molecule has 1 aliphatic rings. The van der Waals surface area contributed by atoms with Gasteiger partial charge in [-0.25, -0.2) is 18.4 Å². The third-order valence-electron chi connectivity index (χ3n) is 6.84. The van der Waals surface area contributed by atoms with Crippen molar-refractivity contribution in [2.45, 2.75) is 43.0 Å². The number of benzene rings is 2. The number of fused-ring (bicyclic) bond motifs is 1. The second kappa shape index (κ2) is 10.7. The number of carbonyl (C=O) groups excluding carboxylic acids is 1. The minimum atomic E-state index is -4.45. The van der Waals surface area contributed by atoms with E-state index in [2.05, 4.69) is 9.97 Å². The molecule has 5 rings (SSSR count). The Balaban J connectivity index is 1.34. The highest BCUT2D eigenvalue weighted by Gasteiger charge is 2.40. The maximum absolute atomic E-state index is 13.4. The van der Waals surface area contributed by atoms with Gasteiger partial charge in [-0.1, -0.05) is 30.3 Å². The molecule has 0 unspecified atom stereocenters. The summed E-state index contributed by atoms with van der Waals surface area (Å²) in [6.07, 6.45) is -3.25. The van der Waals surface area contributed by atoms with Crippen LogP contribution >= 0.6 is 0 Å². The van der Waals surface area contributed by atoms with Crippen LogP contribution in [0.25, 0.3) is 22.2 Å². The molecule has 1 atom stereocenters. The van der Waals surface area contributed by atoms with Crippen molar-refractivity contribution < 1.29 is 30.8 Å². The number of hydrogen-bond acceptors (Lipinski definition) is 7. The molecular formula is C28H27F3N4O4S. The monoisotopic (exact) mass is 572 g/mol. The molecule has 0 amide bonds. The van der Waals surface area contributed by atoms with Gasteiger partial charge < -0.3 is 9.32 Å². The van der Waals surface area contributed by atoms with Crippen LogP contribution in [-0.2, 0) is 27.4 Å². The summed E-state index contributed by atoms with van der Waals surface area (Å²) in [5, 5.41) is 0.466. The van der Waals surface area contributed by atoms with Crippen LogP contribution in [-0.4, -0.2) is 55.2 Å². The number of para-hydroxylation sites is 1. The van der Waals surface area contributed by atoms with Crippen molar-refractivity contribution in [2.24, 2.45) is 0 Å². The van der Waals surface area contributed by atoms with Gasteiger partial charge in [-0.15, -0.1) is 0 Å². The minimum absolute atomic E-state index is 0.0349. The van der Waals surface area contributed by atoms with Gasteiger partial charge in [-0.2, -0.15) is 17.5 Å². The molecule has 12 heteroatoms. The second-order valence-corrected chi connectivity index (χ2v) is 11.7. The molecule has 8 nitrogen and oxygen atoms in total. The Morgan fingerprint density at radius 3 is 2.48 bits per heavy atom. The first-order valence-electron chi connectivity index (χ1n) is 12.7. The van der Waals surface area contributed by atoms with Gasteiger partial charge in [-0.05, 0) is 43.5 Å². The van der Waals surface area contributed by atoms with Crippen LogP contribution in [0.5, 0.6) is 0 Å². The summed E-state index contributed by atoms with van der Waals surface area (Å²) in [6, 6.07) is 13.9. The number of nitrogens with zero attached hydrogens (tertiary/aromatic N) is 4. The highest BCUT2D eigenvalue weighted by atomic mass is 32.2. The molecule has 0 aliphatic carbocycles. The number of anilines is 1. The number of alkyl halides is 3. The summed E-state index contributed by atoms with van der Waals surface area (Å²) >= 11 is 0. The first kappa shape index (κ1) is 27.8. The number of carbonyl (C=O) groups is 1. The van der Waals surface area contributed by atoms with Crippen LogP contribution in [0.3, 0.4) is 0 Å². The van der Waals surface area contributed by atoms with Crippen LogP contribution in [0.1, 0.15) is 30.5 Å². The summed E-state index contributed by atoms with van der Waals surface area (Å²) < 4.78 is 72.6. The average Bonchev–Trinajstić information content (AvgIpc) is 3.60.